The molecule has 4 atom stereocenters. The van der Waals surface area contributed by atoms with Crippen LogP contribution < -0.4 is 11.2 Å². The molecule has 0 spiro atoms. The topological polar surface area (TPSA) is 122 Å². The molecular formula is C16H25N2O6P. The van der Waals surface area contributed by atoms with Gasteiger partial charge in [-0.15, -0.1) is 13.2 Å². The van der Waals surface area contributed by atoms with Crippen molar-refractivity contribution in [1.82, 2.24) is 9.55 Å². The molecule has 0 radical (unpaired) electrons. The van der Waals surface area contributed by atoms with Crippen molar-refractivity contribution >= 4 is 19.0 Å². The highest BCUT2D eigenvalue weighted by atomic mass is 31.2. The number of carbonyl (C=O) groups is 1. The minimum absolute atomic E-state index is 0.102. The number of nitrogens with one attached hydrogen (secondary N) is 1. The summed E-state index contributed by atoms with van der Waals surface area (Å²) in [6.07, 6.45) is 2.24. The van der Waals surface area contributed by atoms with Gasteiger partial charge in [0.1, 0.15) is 18.0 Å². The van der Waals surface area contributed by atoms with E-state index in [0.29, 0.717) is 6.42 Å². The molecule has 0 saturated carbocycles. The molecule has 2 rings (SSSR count). The summed E-state index contributed by atoms with van der Waals surface area (Å²) < 4.78 is 6.72. The molecule has 3 N–H and O–H groups in total. The van der Waals surface area contributed by atoms with E-state index in [1.807, 2.05) is 0 Å². The Morgan fingerprint density at radius 2 is 2.00 bits per heavy atom. The lowest BCUT2D eigenvalue weighted by atomic mass is 10.1. The van der Waals surface area contributed by atoms with Crippen molar-refractivity contribution in [3.63, 3.8) is 0 Å². The fraction of sp³-hybridized carbons (Fsp3) is 0.625. The Bertz CT molecular complexity index is 808. The van der Waals surface area contributed by atoms with Gasteiger partial charge in [-0.3, -0.25) is 19.1 Å². The smallest absolute Gasteiger partial charge is 0.330 e. The number of aromatic amines is 1. The Morgan fingerprint density at radius 3 is 2.56 bits per heavy atom. The van der Waals surface area contributed by atoms with Gasteiger partial charge in [-0.05, 0) is 32.8 Å². The maximum absolute atomic E-state index is 12.1. The number of aliphatic hydroxyl groups excluding tert-OH is 2. The largest absolute Gasteiger partial charge is 0.388 e. The third-order valence-corrected chi connectivity index (χ3v) is 5.58. The first kappa shape index (κ1) is 19.8. The van der Waals surface area contributed by atoms with Crippen LogP contribution in [-0.4, -0.2) is 69.7 Å². The first-order chi connectivity index (χ1) is 11.5. The Labute approximate surface area is 145 Å². The summed E-state index contributed by atoms with van der Waals surface area (Å²) in [7, 11) is 0. The highest BCUT2D eigenvalue weighted by molar-refractivity contribution is 7.72. The molecule has 0 aromatic carbocycles. The van der Waals surface area contributed by atoms with Crippen LogP contribution in [0.2, 0.25) is 0 Å². The number of ether oxygens (including phenoxy) is 1. The van der Waals surface area contributed by atoms with E-state index in [4.69, 9.17) is 4.74 Å². The third-order valence-electron chi connectivity index (χ3n) is 4.11. The Balaban J connectivity index is 2.29. The third kappa shape index (κ3) is 4.79. The number of rotatable bonds is 6. The molecule has 140 valence electrons. The minimum Gasteiger partial charge on any atom is -0.388 e. The molecule has 1 aliphatic heterocycles. The molecule has 25 heavy (non-hydrogen) atoms. The standard InChI is InChI=1S/C16H25N2O6P/c1-9(19)7-10-8-18(16(23)17-14(10)22)15-13(21)12(20)11(24-15)5-6-25(2,3)4/h8,11-13,15,20-21H,2,5-7H2,1,3-4H3,(H,17,22,23)/t11-,12-,13-,15-/m1/s1. The SMILES string of the molecule is C=P(C)(C)CC[C@H]1O[C@@H](n2cc(CC(C)=O)c(=O)[nH]c2=O)[C@H](O)[C@@H]1O. The summed E-state index contributed by atoms with van der Waals surface area (Å²) in [5.74, 6) is -0.233. The Morgan fingerprint density at radius 1 is 1.36 bits per heavy atom. The van der Waals surface area contributed by atoms with Crippen LogP contribution in [0.1, 0.15) is 25.1 Å². The zero-order chi connectivity index (χ0) is 18.9. The maximum Gasteiger partial charge on any atom is 0.330 e. The van der Waals surface area contributed by atoms with Crippen LogP contribution in [0.3, 0.4) is 0 Å². The predicted octanol–water partition coefficient (Wildman–Crippen LogP) is -0.613. The van der Waals surface area contributed by atoms with E-state index in [-0.39, 0.29) is 17.8 Å². The van der Waals surface area contributed by atoms with E-state index >= 15 is 0 Å². The molecule has 1 aromatic heterocycles. The molecule has 0 amide bonds. The van der Waals surface area contributed by atoms with Gasteiger partial charge in [-0.25, -0.2) is 4.79 Å². The molecule has 0 bridgehead atoms. The van der Waals surface area contributed by atoms with Crippen molar-refractivity contribution in [1.29, 1.82) is 0 Å². The Kier molecular flexibility index (Phi) is 5.89. The van der Waals surface area contributed by atoms with Gasteiger partial charge in [0.25, 0.3) is 5.56 Å². The second-order valence-corrected chi connectivity index (χ2v) is 11.5. The van der Waals surface area contributed by atoms with Crippen LogP contribution in [0.25, 0.3) is 0 Å². The number of aromatic nitrogens is 2. The summed E-state index contributed by atoms with van der Waals surface area (Å²) in [5, 5.41) is 20.5. The maximum atomic E-state index is 12.1. The number of hydrogen-bond donors (Lipinski definition) is 3. The number of H-pyrrole nitrogens is 1. The average Bonchev–Trinajstić information content (AvgIpc) is 2.75. The normalized spacial score (nSPS) is 26.8. The lowest BCUT2D eigenvalue weighted by Gasteiger charge is -2.19. The summed E-state index contributed by atoms with van der Waals surface area (Å²) in [4.78, 5) is 37.3. The van der Waals surface area contributed by atoms with Gasteiger partial charge in [-0.1, -0.05) is 0 Å². The van der Waals surface area contributed by atoms with E-state index in [9.17, 15) is 24.6 Å². The van der Waals surface area contributed by atoms with Gasteiger partial charge in [0, 0.05) is 18.2 Å². The number of hydrogen-bond acceptors (Lipinski definition) is 6. The van der Waals surface area contributed by atoms with Crippen LogP contribution in [0.4, 0.5) is 0 Å². The zero-order valence-electron chi connectivity index (χ0n) is 14.6. The van der Waals surface area contributed by atoms with E-state index in [0.717, 1.165) is 10.7 Å². The fourth-order valence-electron chi connectivity index (χ4n) is 2.78. The molecule has 8 nitrogen and oxygen atoms in total. The van der Waals surface area contributed by atoms with E-state index in [1.165, 1.54) is 13.1 Å². The average molecular weight is 372 g/mol. The lowest BCUT2D eigenvalue weighted by Crippen LogP contribution is -2.39. The van der Waals surface area contributed by atoms with Gasteiger partial charge < -0.3 is 14.9 Å². The van der Waals surface area contributed by atoms with Crippen molar-refractivity contribution in [3.05, 3.63) is 32.6 Å². The molecule has 2 heterocycles. The molecule has 9 heteroatoms. The fourth-order valence-corrected chi connectivity index (χ4v) is 3.74. The predicted molar refractivity (Wildman–Crippen MR) is 97.0 cm³/mol. The van der Waals surface area contributed by atoms with Crippen LogP contribution in [0, 0.1) is 0 Å². The second-order valence-electron chi connectivity index (χ2n) is 7.19. The quantitative estimate of drug-likeness (QED) is 0.573. The second kappa shape index (κ2) is 7.41. The highest BCUT2D eigenvalue weighted by Gasteiger charge is 2.44. The van der Waals surface area contributed by atoms with Crippen LogP contribution in [-0.2, 0) is 16.0 Å². The molecule has 1 aliphatic rings. The first-order valence-electron chi connectivity index (χ1n) is 8.02. The van der Waals surface area contributed by atoms with E-state index in [2.05, 4.69) is 24.6 Å². The molecule has 0 aliphatic carbocycles. The van der Waals surface area contributed by atoms with Crippen molar-refractivity contribution in [3.8, 4) is 0 Å². The van der Waals surface area contributed by atoms with E-state index < -0.39 is 42.7 Å². The number of Topliss-reactive ketones (excluding diaryl/α,β-unsaturated/α-hetero) is 1. The molecule has 0 unspecified atom stereocenters. The van der Waals surface area contributed by atoms with Crippen LogP contribution in [0.15, 0.2) is 15.8 Å². The van der Waals surface area contributed by atoms with Crippen LogP contribution >= 0.6 is 6.89 Å². The number of carbonyl (C=O) groups excluding carboxylic acids is 1. The van der Waals surface area contributed by atoms with Gasteiger partial charge in [-0.2, -0.15) is 0 Å². The summed E-state index contributed by atoms with van der Waals surface area (Å²) in [6.45, 7) is 4.13. The lowest BCUT2D eigenvalue weighted by molar-refractivity contribution is -0.116. The molecular weight excluding hydrogens is 347 g/mol. The van der Waals surface area contributed by atoms with Crippen molar-refractivity contribution in [2.75, 3.05) is 19.5 Å². The van der Waals surface area contributed by atoms with E-state index in [1.54, 1.807) is 0 Å². The number of ketones is 1. The Hall–Kier alpha value is -1.47. The number of aliphatic hydroxyl groups is 2. The van der Waals surface area contributed by atoms with Crippen molar-refractivity contribution in [2.24, 2.45) is 0 Å². The molecule has 1 saturated heterocycles. The van der Waals surface area contributed by atoms with Gasteiger partial charge >= 0.3 is 5.69 Å². The highest BCUT2D eigenvalue weighted by Crippen LogP contribution is 2.39. The van der Waals surface area contributed by atoms with Gasteiger partial charge in [0.15, 0.2) is 6.23 Å². The first-order valence-corrected chi connectivity index (χ1v) is 11.1. The number of nitrogens with zero attached hydrogens (tertiary/aromatic N) is 1. The monoisotopic (exact) mass is 372 g/mol. The summed E-state index contributed by atoms with van der Waals surface area (Å²) in [6, 6.07) is 0. The van der Waals surface area contributed by atoms with Gasteiger partial charge in [0.2, 0.25) is 0 Å². The van der Waals surface area contributed by atoms with Gasteiger partial charge in [0.05, 0.1) is 6.10 Å². The summed E-state index contributed by atoms with van der Waals surface area (Å²) in [5.41, 5.74) is -1.31. The molecule has 1 fully saturated rings. The molecule has 1 aromatic rings. The zero-order valence-corrected chi connectivity index (χ0v) is 15.5. The van der Waals surface area contributed by atoms with Crippen molar-refractivity contribution in [2.45, 2.75) is 44.3 Å². The van der Waals surface area contributed by atoms with Crippen LogP contribution in [0.5, 0.6) is 0 Å². The van der Waals surface area contributed by atoms with Crippen molar-refractivity contribution < 1.29 is 19.7 Å². The minimum atomic E-state index is -1.32. The summed E-state index contributed by atoms with van der Waals surface area (Å²) >= 11 is 0.